The highest BCUT2D eigenvalue weighted by Gasteiger charge is 2.15. The quantitative estimate of drug-likeness (QED) is 0.491. The molecule has 0 bridgehead atoms. The summed E-state index contributed by atoms with van der Waals surface area (Å²) in [5.41, 5.74) is 3.31. The van der Waals surface area contributed by atoms with Crippen molar-refractivity contribution in [3.8, 4) is 22.8 Å². The molecule has 10 heteroatoms. The Hall–Kier alpha value is -4.34. The predicted molar refractivity (Wildman–Crippen MR) is 107 cm³/mol. The Morgan fingerprint density at radius 2 is 1.83 bits per heavy atom. The van der Waals surface area contributed by atoms with Gasteiger partial charge in [-0.05, 0) is 49.4 Å². The lowest BCUT2D eigenvalue weighted by molar-refractivity contribution is 0.628. The zero-order chi connectivity index (χ0) is 20.5. The van der Waals surface area contributed by atoms with Crippen molar-refractivity contribution in [1.29, 1.82) is 0 Å². The number of hydrogen-bond acceptors (Lipinski definition) is 8. The molecule has 0 saturated carbocycles. The molecule has 1 N–H and O–H groups in total. The first-order chi connectivity index (χ1) is 14.7. The summed E-state index contributed by atoms with van der Waals surface area (Å²) in [6.45, 7) is 1.87. The maximum Gasteiger partial charge on any atom is 0.272 e. The summed E-state index contributed by atoms with van der Waals surface area (Å²) < 4.78 is 14.7. The van der Waals surface area contributed by atoms with Gasteiger partial charge < -0.3 is 5.32 Å². The van der Waals surface area contributed by atoms with Crippen molar-refractivity contribution < 1.29 is 4.39 Å². The largest absolute Gasteiger partial charge is 0.324 e. The van der Waals surface area contributed by atoms with Crippen LogP contribution in [0.1, 0.15) is 5.69 Å². The van der Waals surface area contributed by atoms with E-state index in [1.54, 1.807) is 41.3 Å². The Kier molecular flexibility index (Phi) is 4.28. The molecule has 0 unspecified atom stereocenters. The SMILES string of the molecule is Cc1c(-c2ccnc(Nc3ccc(F)cc3)n2)nnc2nc(-c3cccnc3)nn12. The van der Waals surface area contributed by atoms with E-state index in [1.165, 1.54) is 12.1 Å². The van der Waals surface area contributed by atoms with Gasteiger partial charge in [0.1, 0.15) is 11.5 Å². The fourth-order valence-electron chi connectivity index (χ4n) is 2.93. The number of halogens is 1. The van der Waals surface area contributed by atoms with E-state index in [9.17, 15) is 4.39 Å². The second kappa shape index (κ2) is 7.24. The third-order valence-corrected chi connectivity index (χ3v) is 4.41. The van der Waals surface area contributed by atoms with Crippen LogP contribution in [0.3, 0.4) is 0 Å². The number of aromatic nitrogens is 8. The smallest absolute Gasteiger partial charge is 0.272 e. The van der Waals surface area contributed by atoms with Crippen molar-refractivity contribution in [1.82, 2.24) is 39.7 Å². The third-order valence-electron chi connectivity index (χ3n) is 4.41. The number of nitrogens with zero attached hydrogens (tertiary/aromatic N) is 8. The number of benzene rings is 1. The first-order valence-electron chi connectivity index (χ1n) is 9.04. The molecule has 4 aromatic heterocycles. The average Bonchev–Trinajstić information content (AvgIpc) is 3.22. The van der Waals surface area contributed by atoms with Crippen LogP contribution in [0, 0.1) is 12.7 Å². The van der Waals surface area contributed by atoms with E-state index in [0.717, 1.165) is 11.3 Å². The fourth-order valence-corrected chi connectivity index (χ4v) is 2.93. The highest BCUT2D eigenvalue weighted by molar-refractivity contribution is 5.62. The van der Waals surface area contributed by atoms with Crippen molar-refractivity contribution in [2.24, 2.45) is 0 Å². The second-order valence-corrected chi connectivity index (χ2v) is 6.42. The van der Waals surface area contributed by atoms with Gasteiger partial charge in [-0.25, -0.2) is 14.4 Å². The van der Waals surface area contributed by atoms with Crippen LogP contribution >= 0.6 is 0 Å². The topological polar surface area (TPSA) is 107 Å². The molecule has 0 fully saturated rings. The van der Waals surface area contributed by atoms with Crippen LogP contribution in [-0.4, -0.2) is 39.7 Å². The maximum atomic E-state index is 13.1. The highest BCUT2D eigenvalue weighted by atomic mass is 19.1. The van der Waals surface area contributed by atoms with Gasteiger partial charge in [-0.2, -0.15) is 9.50 Å². The Labute approximate surface area is 169 Å². The lowest BCUT2D eigenvalue weighted by atomic mass is 10.2. The van der Waals surface area contributed by atoms with Gasteiger partial charge in [0.2, 0.25) is 5.95 Å². The van der Waals surface area contributed by atoms with Crippen molar-refractivity contribution >= 4 is 17.4 Å². The van der Waals surface area contributed by atoms with Gasteiger partial charge in [0.05, 0.1) is 11.4 Å². The number of nitrogens with one attached hydrogen (secondary N) is 1. The molecule has 1 aromatic carbocycles. The van der Waals surface area contributed by atoms with Gasteiger partial charge in [0.25, 0.3) is 5.78 Å². The van der Waals surface area contributed by atoms with E-state index in [4.69, 9.17) is 0 Å². The van der Waals surface area contributed by atoms with E-state index in [1.807, 2.05) is 19.1 Å². The van der Waals surface area contributed by atoms with Crippen molar-refractivity contribution in [2.75, 3.05) is 5.32 Å². The number of anilines is 2. The van der Waals surface area contributed by atoms with Crippen LogP contribution < -0.4 is 5.32 Å². The first-order valence-corrected chi connectivity index (χ1v) is 9.04. The van der Waals surface area contributed by atoms with Crippen LogP contribution in [0.25, 0.3) is 28.6 Å². The fraction of sp³-hybridized carbons (Fsp3) is 0.0500. The molecule has 0 atom stereocenters. The van der Waals surface area contributed by atoms with Crippen LogP contribution in [0.2, 0.25) is 0 Å². The number of pyridine rings is 1. The average molecular weight is 399 g/mol. The minimum absolute atomic E-state index is 0.312. The Morgan fingerprint density at radius 1 is 0.967 bits per heavy atom. The summed E-state index contributed by atoms with van der Waals surface area (Å²) >= 11 is 0. The Bertz CT molecular complexity index is 1330. The zero-order valence-electron chi connectivity index (χ0n) is 15.7. The number of fused-ring (bicyclic) bond motifs is 1. The van der Waals surface area contributed by atoms with Gasteiger partial charge in [-0.3, -0.25) is 4.98 Å². The van der Waals surface area contributed by atoms with Crippen LogP contribution in [0.4, 0.5) is 16.0 Å². The van der Waals surface area contributed by atoms with E-state index in [-0.39, 0.29) is 5.82 Å². The third kappa shape index (κ3) is 3.30. The summed E-state index contributed by atoms with van der Waals surface area (Å²) in [5, 5.41) is 16.1. The molecular formula is C20H14FN9. The standard InChI is InChI=1S/C20H14FN9/c1-12-17(16-8-10-23-19(25-16)24-15-6-4-14(21)5-7-15)27-28-20-26-18(29-30(12)20)13-3-2-9-22-11-13/h2-11H,1H3,(H,23,24,25). The molecular weight excluding hydrogens is 385 g/mol. The molecule has 5 aromatic rings. The maximum absolute atomic E-state index is 13.1. The lowest BCUT2D eigenvalue weighted by Gasteiger charge is -2.07. The second-order valence-electron chi connectivity index (χ2n) is 6.42. The molecule has 0 radical (unpaired) electrons. The van der Waals surface area contributed by atoms with Crippen molar-refractivity contribution in [3.63, 3.8) is 0 Å². The van der Waals surface area contributed by atoms with Crippen LogP contribution in [0.15, 0.2) is 61.1 Å². The molecule has 30 heavy (non-hydrogen) atoms. The van der Waals surface area contributed by atoms with Gasteiger partial charge in [-0.15, -0.1) is 15.3 Å². The van der Waals surface area contributed by atoms with Gasteiger partial charge in [0.15, 0.2) is 5.82 Å². The normalized spacial score (nSPS) is 11.0. The molecule has 0 spiro atoms. The lowest BCUT2D eigenvalue weighted by Crippen LogP contribution is -2.05. The summed E-state index contributed by atoms with van der Waals surface area (Å²) in [6, 6.07) is 11.4. The first kappa shape index (κ1) is 17.7. The van der Waals surface area contributed by atoms with Gasteiger partial charge in [0, 0.05) is 29.8 Å². The van der Waals surface area contributed by atoms with Crippen molar-refractivity contribution in [3.05, 3.63) is 72.6 Å². The number of rotatable bonds is 4. The molecule has 0 aliphatic heterocycles. The summed E-state index contributed by atoms with van der Waals surface area (Å²) in [7, 11) is 0. The zero-order valence-corrected chi connectivity index (χ0v) is 15.7. The van der Waals surface area contributed by atoms with E-state index < -0.39 is 0 Å². The van der Waals surface area contributed by atoms with E-state index >= 15 is 0 Å². The minimum Gasteiger partial charge on any atom is -0.324 e. The molecule has 4 heterocycles. The highest BCUT2D eigenvalue weighted by Crippen LogP contribution is 2.22. The number of aryl methyl sites for hydroxylation is 1. The van der Waals surface area contributed by atoms with Crippen LogP contribution in [0.5, 0.6) is 0 Å². The predicted octanol–water partition coefficient (Wildman–Crippen LogP) is 3.23. The van der Waals surface area contributed by atoms with E-state index in [0.29, 0.717) is 34.6 Å². The van der Waals surface area contributed by atoms with Gasteiger partial charge >= 0.3 is 0 Å². The molecule has 5 rings (SSSR count). The monoisotopic (exact) mass is 399 g/mol. The van der Waals surface area contributed by atoms with Crippen molar-refractivity contribution in [2.45, 2.75) is 6.92 Å². The van der Waals surface area contributed by atoms with E-state index in [2.05, 4.69) is 40.5 Å². The van der Waals surface area contributed by atoms with Gasteiger partial charge in [-0.1, -0.05) is 0 Å². The van der Waals surface area contributed by atoms with Crippen LogP contribution in [-0.2, 0) is 0 Å². The Morgan fingerprint density at radius 3 is 2.63 bits per heavy atom. The number of hydrogen-bond donors (Lipinski definition) is 1. The summed E-state index contributed by atoms with van der Waals surface area (Å²) in [4.78, 5) is 17.2. The summed E-state index contributed by atoms with van der Waals surface area (Å²) in [5.74, 6) is 0.941. The molecule has 9 nitrogen and oxygen atoms in total. The molecule has 0 aliphatic carbocycles. The molecule has 0 amide bonds. The molecule has 0 aliphatic rings. The molecule has 146 valence electrons. The Balaban J connectivity index is 1.51. The minimum atomic E-state index is -0.312. The molecule has 0 saturated heterocycles. The summed E-state index contributed by atoms with van der Waals surface area (Å²) in [6.07, 6.45) is 4.99.